The highest BCUT2D eigenvalue weighted by molar-refractivity contribution is 4.88. The molecule has 0 radical (unpaired) electrons. The first kappa shape index (κ1) is 15.3. The van der Waals surface area contributed by atoms with Gasteiger partial charge >= 0.3 is 0 Å². The summed E-state index contributed by atoms with van der Waals surface area (Å²) in [4.78, 5) is 2.71. The molecule has 1 saturated carbocycles. The van der Waals surface area contributed by atoms with Crippen LogP contribution in [0.25, 0.3) is 0 Å². The zero-order valence-corrected chi connectivity index (χ0v) is 12.6. The van der Waals surface area contributed by atoms with E-state index in [4.69, 9.17) is 5.73 Å². The van der Waals surface area contributed by atoms with Crippen LogP contribution < -0.4 is 5.73 Å². The minimum Gasteiger partial charge on any atom is -0.394 e. The van der Waals surface area contributed by atoms with Gasteiger partial charge in [0, 0.05) is 11.6 Å². The summed E-state index contributed by atoms with van der Waals surface area (Å²) in [6, 6.07) is 0.852. The lowest BCUT2D eigenvalue weighted by atomic mass is 9.92. The molecule has 2 unspecified atom stereocenters. The van der Waals surface area contributed by atoms with Crippen LogP contribution in [0, 0.1) is 5.92 Å². The molecule has 3 heteroatoms. The molecule has 0 amide bonds. The third-order valence-corrected chi connectivity index (χ3v) is 5.50. The quantitative estimate of drug-likeness (QED) is 0.746. The Hall–Kier alpha value is -0.120. The van der Waals surface area contributed by atoms with E-state index in [1.54, 1.807) is 0 Å². The Morgan fingerprint density at radius 1 is 1.21 bits per heavy atom. The fourth-order valence-electron chi connectivity index (χ4n) is 4.01. The third kappa shape index (κ3) is 3.93. The minimum atomic E-state index is -0.345. The summed E-state index contributed by atoms with van der Waals surface area (Å²) in [6.07, 6.45) is 11.5. The van der Waals surface area contributed by atoms with Crippen molar-refractivity contribution in [1.29, 1.82) is 0 Å². The van der Waals surface area contributed by atoms with Gasteiger partial charge in [-0.1, -0.05) is 19.8 Å². The van der Waals surface area contributed by atoms with Crippen LogP contribution in [0.15, 0.2) is 0 Å². The van der Waals surface area contributed by atoms with Crippen molar-refractivity contribution in [2.24, 2.45) is 11.7 Å². The van der Waals surface area contributed by atoms with Gasteiger partial charge < -0.3 is 15.7 Å². The average molecular weight is 268 g/mol. The van der Waals surface area contributed by atoms with Crippen molar-refractivity contribution >= 4 is 0 Å². The van der Waals surface area contributed by atoms with Gasteiger partial charge in [0.15, 0.2) is 0 Å². The van der Waals surface area contributed by atoms with E-state index in [2.05, 4.69) is 11.8 Å². The molecule has 0 spiro atoms. The van der Waals surface area contributed by atoms with Crippen LogP contribution in [0.4, 0.5) is 0 Å². The monoisotopic (exact) mass is 268 g/mol. The molecule has 0 bridgehead atoms. The first-order valence-corrected chi connectivity index (χ1v) is 8.32. The van der Waals surface area contributed by atoms with E-state index in [9.17, 15) is 5.11 Å². The maximum atomic E-state index is 9.36. The molecule has 3 N–H and O–H groups in total. The van der Waals surface area contributed by atoms with Crippen molar-refractivity contribution in [3.63, 3.8) is 0 Å². The summed E-state index contributed by atoms with van der Waals surface area (Å²) in [5, 5.41) is 9.36. The minimum absolute atomic E-state index is 0.121. The molecule has 1 aliphatic carbocycles. The predicted molar refractivity (Wildman–Crippen MR) is 80.1 cm³/mol. The van der Waals surface area contributed by atoms with E-state index in [1.165, 1.54) is 51.6 Å². The topological polar surface area (TPSA) is 49.5 Å². The summed E-state index contributed by atoms with van der Waals surface area (Å²) in [7, 11) is 0. The molecule has 0 aromatic carbocycles. The number of rotatable bonds is 7. The Morgan fingerprint density at radius 3 is 2.58 bits per heavy atom. The van der Waals surface area contributed by atoms with Crippen LogP contribution in [-0.2, 0) is 0 Å². The van der Waals surface area contributed by atoms with Crippen molar-refractivity contribution in [3.8, 4) is 0 Å². The Balaban J connectivity index is 1.75. The Kier molecular flexibility index (Phi) is 5.67. The SMILES string of the molecule is CCC(N)(CO)CCCN1CCCC1C1CCCC1. The maximum Gasteiger partial charge on any atom is 0.0611 e. The van der Waals surface area contributed by atoms with E-state index in [0.29, 0.717) is 0 Å². The lowest BCUT2D eigenvalue weighted by Gasteiger charge is -2.31. The second-order valence-electron chi connectivity index (χ2n) is 6.77. The van der Waals surface area contributed by atoms with E-state index in [1.807, 2.05) is 0 Å². The van der Waals surface area contributed by atoms with Gasteiger partial charge in [-0.15, -0.1) is 0 Å². The first-order valence-electron chi connectivity index (χ1n) is 8.32. The molecule has 0 aromatic heterocycles. The van der Waals surface area contributed by atoms with Gasteiger partial charge in [-0.25, -0.2) is 0 Å². The lowest BCUT2D eigenvalue weighted by Crippen LogP contribution is -2.44. The molecule has 1 heterocycles. The molecule has 1 aliphatic heterocycles. The zero-order valence-electron chi connectivity index (χ0n) is 12.6. The largest absolute Gasteiger partial charge is 0.394 e. The van der Waals surface area contributed by atoms with Crippen molar-refractivity contribution in [2.45, 2.75) is 76.3 Å². The number of likely N-dealkylation sites (tertiary alicyclic amines) is 1. The molecule has 0 aromatic rings. The molecule has 19 heavy (non-hydrogen) atoms. The predicted octanol–water partition coefficient (Wildman–Crippen LogP) is 2.52. The lowest BCUT2D eigenvalue weighted by molar-refractivity contribution is 0.156. The standard InChI is InChI=1S/C16H32N2O/c1-2-16(17,13-19)10-6-12-18-11-5-9-15(18)14-7-3-4-8-14/h14-15,19H,2-13,17H2,1H3. The van der Waals surface area contributed by atoms with Gasteiger partial charge in [-0.05, 0) is 64.0 Å². The summed E-state index contributed by atoms with van der Waals surface area (Å²) < 4.78 is 0. The van der Waals surface area contributed by atoms with Crippen LogP contribution in [0.2, 0.25) is 0 Å². The number of hydrogen-bond donors (Lipinski definition) is 2. The van der Waals surface area contributed by atoms with Gasteiger partial charge in [-0.3, -0.25) is 0 Å². The fraction of sp³-hybridized carbons (Fsp3) is 1.00. The molecular formula is C16H32N2O. The van der Waals surface area contributed by atoms with Crippen LogP contribution in [0.1, 0.15) is 64.7 Å². The van der Waals surface area contributed by atoms with Crippen molar-refractivity contribution in [3.05, 3.63) is 0 Å². The van der Waals surface area contributed by atoms with E-state index >= 15 is 0 Å². The fourth-order valence-corrected chi connectivity index (χ4v) is 4.01. The highest BCUT2D eigenvalue weighted by Crippen LogP contribution is 2.35. The number of nitrogens with two attached hydrogens (primary N) is 1. The second kappa shape index (κ2) is 7.05. The Bertz CT molecular complexity index is 259. The molecule has 2 fully saturated rings. The van der Waals surface area contributed by atoms with Crippen LogP contribution in [-0.4, -0.2) is 41.3 Å². The summed E-state index contributed by atoms with van der Waals surface area (Å²) in [5.74, 6) is 0.967. The first-order chi connectivity index (χ1) is 9.18. The maximum absolute atomic E-state index is 9.36. The Labute approximate surface area is 118 Å². The van der Waals surface area contributed by atoms with E-state index < -0.39 is 0 Å². The van der Waals surface area contributed by atoms with Crippen molar-refractivity contribution in [2.75, 3.05) is 19.7 Å². The van der Waals surface area contributed by atoms with Gasteiger partial charge in [0.25, 0.3) is 0 Å². The van der Waals surface area contributed by atoms with E-state index in [-0.39, 0.29) is 12.1 Å². The van der Waals surface area contributed by atoms with Crippen molar-refractivity contribution in [1.82, 2.24) is 4.90 Å². The zero-order chi connectivity index (χ0) is 13.7. The van der Waals surface area contributed by atoms with Crippen LogP contribution in [0.3, 0.4) is 0 Å². The van der Waals surface area contributed by atoms with E-state index in [0.717, 1.165) is 31.2 Å². The molecule has 3 nitrogen and oxygen atoms in total. The summed E-state index contributed by atoms with van der Waals surface area (Å²) in [5.41, 5.74) is 5.82. The number of nitrogens with zero attached hydrogens (tertiary/aromatic N) is 1. The molecule has 1 saturated heterocycles. The van der Waals surface area contributed by atoms with Crippen LogP contribution >= 0.6 is 0 Å². The third-order valence-electron chi connectivity index (χ3n) is 5.50. The summed E-state index contributed by atoms with van der Waals surface area (Å²) in [6.45, 7) is 4.66. The van der Waals surface area contributed by atoms with Gasteiger partial charge in [-0.2, -0.15) is 0 Å². The van der Waals surface area contributed by atoms with Gasteiger partial charge in [0.05, 0.1) is 6.61 Å². The number of hydrogen-bond acceptors (Lipinski definition) is 3. The number of aliphatic hydroxyl groups is 1. The molecule has 2 rings (SSSR count). The number of aliphatic hydroxyl groups excluding tert-OH is 1. The van der Waals surface area contributed by atoms with Crippen molar-refractivity contribution < 1.29 is 5.11 Å². The van der Waals surface area contributed by atoms with Gasteiger partial charge in [0.1, 0.15) is 0 Å². The highest BCUT2D eigenvalue weighted by atomic mass is 16.3. The molecule has 2 atom stereocenters. The Morgan fingerprint density at radius 2 is 1.95 bits per heavy atom. The molecule has 2 aliphatic rings. The molecule has 112 valence electrons. The second-order valence-corrected chi connectivity index (χ2v) is 6.77. The molecular weight excluding hydrogens is 236 g/mol. The summed E-state index contributed by atoms with van der Waals surface area (Å²) >= 11 is 0. The normalized spacial score (nSPS) is 28.9. The van der Waals surface area contributed by atoms with Crippen LogP contribution in [0.5, 0.6) is 0 Å². The average Bonchev–Trinajstić information content (AvgIpc) is 3.08. The smallest absolute Gasteiger partial charge is 0.0611 e. The highest BCUT2D eigenvalue weighted by Gasteiger charge is 2.33. The van der Waals surface area contributed by atoms with Gasteiger partial charge in [0.2, 0.25) is 0 Å².